The Morgan fingerprint density at radius 2 is 1.82 bits per heavy atom. The van der Waals surface area contributed by atoms with Crippen LogP contribution in [0.5, 0.6) is 0 Å². The van der Waals surface area contributed by atoms with Gasteiger partial charge < -0.3 is 10.3 Å². The second-order valence-electron chi connectivity index (χ2n) is 11.1. The number of H-pyrrole nitrogens is 1. The Labute approximate surface area is 240 Å². The van der Waals surface area contributed by atoms with Crippen LogP contribution in [0, 0.1) is 6.92 Å². The van der Waals surface area contributed by atoms with Crippen LogP contribution in [0.2, 0.25) is 5.02 Å². The minimum absolute atomic E-state index is 0.0123. The van der Waals surface area contributed by atoms with Gasteiger partial charge >= 0.3 is 0 Å². The van der Waals surface area contributed by atoms with Crippen LogP contribution >= 0.6 is 11.6 Å². The highest BCUT2D eigenvalue weighted by molar-refractivity contribution is 7.89. The van der Waals surface area contributed by atoms with Gasteiger partial charge in [-0.2, -0.15) is 4.72 Å². The Balaban J connectivity index is 1.47. The first-order chi connectivity index (χ1) is 19.1. The quantitative estimate of drug-likeness (QED) is 0.233. The number of hydrogen-bond donors (Lipinski definition) is 3. The first kappa shape index (κ1) is 28.3. The van der Waals surface area contributed by atoms with Crippen molar-refractivity contribution in [2.24, 2.45) is 0 Å². The topological polar surface area (TPSA) is 104 Å². The van der Waals surface area contributed by atoms with Gasteiger partial charge in [-0.3, -0.25) is 9.78 Å². The molecule has 2 heterocycles. The van der Waals surface area contributed by atoms with Crippen molar-refractivity contribution in [2.75, 3.05) is 6.54 Å². The Hall–Kier alpha value is -3.20. The molecule has 0 spiro atoms. The zero-order chi connectivity index (χ0) is 28.4. The predicted octanol–water partition coefficient (Wildman–Crippen LogP) is 5.82. The zero-order valence-electron chi connectivity index (χ0n) is 22.8. The Morgan fingerprint density at radius 1 is 1.07 bits per heavy atom. The lowest BCUT2D eigenvalue weighted by molar-refractivity contribution is -0.126. The van der Waals surface area contributed by atoms with Gasteiger partial charge in [-0.25, -0.2) is 8.42 Å². The number of aryl methyl sites for hydroxylation is 1. The van der Waals surface area contributed by atoms with Crippen LogP contribution in [0.1, 0.15) is 55.8 Å². The van der Waals surface area contributed by atoms with Crippen LogP contribution in [0.4, 0.5) is 0 Å². The molecule has 2 aromatic heterocycles. The number of carbonyl (C=O) groups is 1. The molecule has 0 radical (unpaired) electrons. The summed E-state index contributed by atoms with van der Waals surface area (Å²) in [6, 6.07) is 18.2. The number of rotatable bonds is 9. The van der Waals surface area contributed by atoms with E-state index in [-0.39, 0.29) is 22.6 Å². The van der Waals surface area contributed by atoms with Gasteiger partial charge in [0.05, 0.1) is 4.90 Å². The molecule has 1 aliphatic carbocycles. The molecule has 4 aromatic rings. The highest BCUT2D eigenvalue weighted by atomic mass is 35.5. The van der Waals surface area contributed by atoms with E-state index in [0.29, 0.717) is 11.6 Å². The second kappa shape index (κ2) is 11.4. The van der Waals surface area contributed by atoms with E-state index < -0.39 is 15.6 Å². The number of pyridine rings is 1. The molecular formula is C31H35ClN4O3S. The molecule has 2 aromatic carbocycles. The van der Waals surface area contributed by atoms with Crippen molar-refractivity contribution < 1.29 is 13.2 Å². The molecule has 7 nitrogen and oxygen atoms in total. The number of para-hydroxylation sites is 1. The standard InChI is InChI=1S/C31H35ClN4O3S/c1-22-13-14-24(18-26(22)32)40(38,39)36-30(2,19-23-20-34-27-11-5-4-10-25(23)27)29(37)35-21-31(15-7-3-8-16-31)28-12-6-9-17-33-28/h4-6,9-14,17-18,20,34,36H,3,7-8,15-16,19,21H2,1-2H3,(H,35,37)/t30-/m0/s1. The summed E-state index contributed by atoms with van der Waals surface area (Å²) < 4.78 is 30.0. The number of carbonyl (C=O) groups excluding carboxylic acids is 1. The lowest BCUT2D eigenvalue weighted by atomic mass is 9.71. The number of halogens is 1. The maximum atomic E-state index is 14.1. The van der Waals surface area contributed by atoms with Crippen molar-refractivity contribution in [3.63, 3.8) is 0 Å². The van der Waals surface area contributed by atoms with Crippen molar-refractivity contribution in [3.05, 3.63) is 94.9 Å². The van der Waals surface area contributed by atoms with Crippen LogP contribution in [-0.2, 0) is 26.7 Å². The third-order valence-electron chi connectivity index (χ3n) is 8.14. The summed E-state index contributed by atoms with van der Waals surface area (Å²) in [7, 11) is -4.09. The molecule has 210 valence electrons. The van der Waals surface area contributed by atoms with Gasteiger partial charge in [0.1, 0.15) is 5.54 Å². The number of benzene rings is 2. The lowest BCUT2D eigenvalue weighted by Crippen LogP contribution is -2.59. The number of amides is 1. The molecule has 1 saturated carbocycles. The molecule has 0 bridgehead atoms. The molecule has 1 amide bonds. The van der Waals surface area contributed by atoms with Crippen molar-refractivity contribution in [3.8, 4) is 0 Å². The summed E-state index contributed by atoms with van der Waals surface area (Å²) in [4.78, 5) is 22.0. The van der Waals surface area contributed by atoms with Crippen LogP contribution in [-0.4, -0.2) is 36.4 Å². The van der Waals surface area contributed by atoms with Gasteiger partial charge in [0.25, 0.3) is 0 Å². The molecule has 1 aliphatic rings. The molecule has 40 heavy (non-hydrogen) atoms. The van der Waals surface area contributed by atoms with E-state index >= 15 is 0 Å². The highest BCUT2D eigenvalue weighted by Crippen LogP contribution is 2.38. The average Bonchev–Trinajstić information content (AvgIpc) is 3.36. The molecule has 3 N–H and O–H groups in total. The van der Waals surface area contributed by atoms with Gasteiger partial charge in [-0.05, 0) is 68.1 Å². The first-order valence-corrected chi connectivity index (χ1v) is 15.5. The molecule has 5 rings (SSSR count). The van der Waals surface area contributed by atoms with E-state index in [4.69, 9.17) is 11.6 Å². The Bertz CT molecular complexity index is 1610. The lowest BCUT2D eigenvalue weighted by Gasteiger charge is -2.38. The van der Waals surface area contributed by atoms with Gasteiger partial charge in [-0.15, -0.1) is 0 Å². The van der Waals surface area contributed by atoms with Crippen LogP contribution in [0.3, 0.4) is 0 Å². The van der Waals surface area contributed by atoms with Crippen molar-refractivity contribution in [1.82, 2.24) is 20.0 Å². The highest BCUT2D eigenvalue weighted by Gasteiger charge is 2.41. The molecule has 0 aliphatic heterocycles. The molecule has 1 atom stereocenters. The molecule has 1 fully saturated rings. The SMILES string of the molecule is Cc1ccc(S(=O)(=O)N[C@@](C)(Cc2c[nH]c3ccccc23)C(=O)NCC2(c3ccccn3)CCCCC2)cc1Cl. The van der Waals surface area contributed by atoms with Gasteiger partial charge in [0.2, 0.25) is 15.9 Å². The normalized spacial score (nSPS) is 16.9. The molecule has 0 unspecified atom stereocenters. The smallest absolute Gasteiger partial charge is 0.241 e. The minimum atomic E-state index is -4.09. The third kappa shape index (κ3) is 5.80. The zero-order valence-corrected chi connectivity index (χ0v) is 24.4. The van der Waals surface area contributed by atoms with Crippen LogP contribution in [0.25, 0.3) is 10.9 Å². The van der Waals surface area contributed by atoms with Gasteiger partial charge in [0.15, 0.2) is 0 Å². The molecular weight excluding hydrogens is 544 g/mol. The molecule has 0 saturated heterocycles. The number of nitrogens with zero attached hydrogens (tertiary/aromatic N) is 1. The fraction of sp³-hybridized carbons (Fsp3) is 0.355. The second-order valence-corrected chi connectivity index (χ2v) is 13.2. The van der Waals surface area contributed by atoms with Crippen molar-refractivity contribution >= 4 is 38.4 Å². The summed E-state index contributed by atoms with van der Waals surface area (Å²) >= 11 is 6.26. The average molecular weight is 579 g/mol. The predicted molar refractivity (Wildman–Crippen MR) is 159 cm³/mol. The van der Waals surface area contributed by atoms with Crippen molar-refractivity contribution in [2.45, 2.75) is 68.2 Å². The number of aromatic amines is 1. The Kier molecular flexibility index (Phi) is 8.04. The summed E-state index contributed by atoms with van der Waals surface area (Å²) in [5.74, 6) is -0.388. The number of fused-ring (bicyclic) bond motifs is 1. The van der Waals surface area contributed by atoms with E-state index in [9.17, 15) is 13.2 Å². The van der Waals surface area contributed by atoms with Crippen LogP contribution < -0.4 is 10.0 Å². The van der Waals surface area contributed by atoms with E-state index in [0.717, 1.165) is 59.8 Å². The van der Waals surface area contributed by atoms with Gasteiger partial charge in [-0.1, -0.05) is 61.2 Å². The number of hydrogen-bond acceptors (Lipinski definition) is 4. The maximum absolute atomic E-state index is 14.1. The van der Waals surface area contributed by atoms with E-state index in [2.05, 4.69) is 20.0 Å². The monoisotopic (exact) mass is 578 g/mol. The maximum Gasteiger partial charge on any atom is 0.241 e. The van der Waals surface area contributed by atoms with E-state index in [1.165, 1.54) is 12.1 Å². The van der Waals surface area contributed by atoms with Crippen LogP contribution in [0.15, 0.2) is 78.0 Å². The number of nitrogens with one attached hydrogen (secondary N) is 3. The fourth-order valence-electron chi connectivity index (χ4n) is 5.79. The van der Waals surface area contributed by atoms with Crippen molar-refractivity contribution in [1.29, 1.82) is 0 Å². The Morgan fingerprint density at radius 3 is 2.55 bits per heavy atom. The summed E-state index contributed by atoms with van der Waals surface area (Å²) in [6.45, 7) is 3.83. The molecule has 9 heteroatoms. The summed E-state index contributed by atoms with van der Waals surface area (Å²) in [5, 5.41) is 4.43. The van der Waals surface area contributed by atoms with E-state index in [1.807, 2.05) is 55.6 Å². The number of aromatic nitrogens is 2. The largest absolute Gasteiger partial charge is 0.361 e. The number of sulfonamides is 1. The third-order valence-corrected chi connectivity index (χ3v) is 10.1. The minimum Gasteiger partial charge on any atom is -0.361 e. The van der Waals surface area contributed by atoms with E-state index in [1.54, 1.807) is 19.2 Å². The first-order valence-electron chi connectivity index (χ1n) is 13.7. The summed E-state index contributed by atoms with van der Waals surface area (Å²) in [6.07, 6.45) is 8.87. The summed E-state index contributed by atoms with van der Waals surface area (Å²) in [5.41, 5.74) is 1.72. The fourth-order valence-corrected chi connectivity index (χ4v) is 7.43. The van der Waals surface area contributed by atoms with Gasteiger partial charge in [0, 0.05) is 52.4 Å².